The van der Waals surface area contributed by atoms with Gasteiger partial charge < -0.3 is 34.6 Å². The Balaban J connectivity index is 0.000000470. The van der Waals surface area contributed by atoms with Crippen LogP contribution in [0.3, 0.4) is 0 Å². The predicted octanol–water partition coefficient (Wildman–Crippen LogP) is 1.70. The van der Waals surface area contributed by atoms with Gasteiger partial charge in [0.05, 0.1) is 25.9 Å². The van der Waals surface area contributed by atoms with Crippen molar-refractivity contribution in [3.8, 4) is 17.7 Å². The molecule has 0 radical (unpaired) electrons. The third kappa shape index (κ3) is 6.79. The Morgan fingerprint density at radius 1 is 1.23 bits per heavy atom. The molecule has 0 unspecified atom stereocenters. The molecule has 5 heterocycles. The zero-order valence-corrected chi connectivity index (χ0v) is 21.3. The first-order chi connectivity index (χ1) is 19.0. The van der Waals surface area contributed by atoms with E-state index in [1.807, 2.05) is 18.2 Å². The van der Waals surface area contributed by atoms with Crippen LogP contribution in [0.15, 0.2) is 36.8 Å². The molecule has 0 amide bonds. The van der Waals surface area contributed by atoms with Crippen LogP contribution in [0.2, 0.25) is 0 Å². The van der Waals surface area contributed by atoms with Gasteiger partial charge in [-0.15, -0.1) is 0 Å². The molecule has 0 aromatic carbocycles. The Bertz CT molecular complexity index is 1280. The van der Waals surface area contributed by atoms with Gasteiger partial charge in [0.1, 0.15) is 23.4 Å². The molecule has 3 atom stereocenters. The van der Waals surface area contributed by atoms with Crippen molar-refractivity contribution in [2.45, 2.75) is 43.3 Å². The van der Waals surface area contributed by atoms with Crippen LogP contribution in [0.4, 0.5) is 18.9 Å². The number of ether oxygens (including phenoxy) is 3. The van der Waals surface area contributed by atoms with E-state index < -0.39 is 24.2 Å². The molecule has 2 aromatic heterocycles. The molecule has 3 saturated heterocycles. The number of rotatable bonds is 4. The first-order valence-electron chi connectivity index (χ1n) is 12.3. The van der Waals surface area contributed by atoms with E-state index in [0.717, 1.165) is 16.8 Å². The highest BCUT2D eigenvalue weighted by Crippen LogP contribution is 2.38. The fraction of sp³-hybridized carbons (Fsp3) is 0.462. The second-order valence-electron chi connectivity index (χ2n) is 9.39. The zero-order chi connectivity index (χ0) is 28.9. The number of halogens is 3. The molecule has 3 aliphatic rings. The van der Waals surface area contributed by atoms with Crippen molar-refractivity contribution in [3.63, 3.8) is 0 Å². The van der Waals surface area contributed by atoms with Gasteiger partial charge in [-0.1, -0.05) is 11.8 Å². The number of hydrogen-bond acceptors (Lipinski definition) is 9. The monoisotopic (exact) mass is 564 g/mol. The molecule has 14 heteroatoms. The molecular formula is C26H27F3N4O7. The summed E-state index contributed by atoms with van der Waals surface area (Å²) in [6, 6.07) is 5.18. The second-order valence-corrected chi connectivity index (χ2v) is 9.39. The third-order valence-corrected chi connectivity index (χ3v) is 6.71. The predicted molar refractivity (Wildman–Crippen MR) is 133 cm³/mol. The molecule has 2 aromatic rings. The number of anilines is 1. The maximum atomic E-state index is 11.3. The van der Waals surface area contributed by atoms with E-state index in [1.54, 1.807) is 18.6 Å². The largest absolute Gasteiger partial charge is 0.490 e. The molecule has 3 N–H and O–H groups in total. The topological polar surface area (TPSA) is 143 Å². The summed E-state index contributed by atoms with van der Waals surface area (Å²) < 4.78 is 49.5. The molecular weight excluding hydrogens is 537 g/mol. The number of carbonyl (C=O) groups is 2. The normalized spacial score (nSPS) is 23.2. The van der Waals surface area contributed by atoms with Crippen LogP contribution in [0.5, 0.6) is 5.88 Å². The summed E-state index contributed by atoms with van der Waals surface area (Å²) in [6.07, 6.45) is 0.142. The second kappa shape index (κ2) is 12.1. The lowest BCUT2D eigenvalue weighted by Crippen LogP contribution is -2.68. The molecule has 40 heavy (non-hydrogen) atoms. The van der Waals surface area contributed by atoms with E-state index in [1.165, 1.54) is 0 Å². The third-order valence-electron chi connectivity index (χ3n) is 6.71. The molecule has 5 rings (SSSR count). The highest BCUT2D eigenvalue weighted by atomic mass is 19.4. The van der Waals surface area contributed by atoms with Gasteiger partial charge in [0, 0.05) is 49.2 Å². The Morgan fingerprint density at radius 2 is 1.95 bits per heavy atom. The lowest BCUT2D eigenvalue weighted by molar-refractivity contribution is -0.228. The smallest absolute Gasteiger partial charge is 0.480 e. The number of alkyl halides is 3. The summed E-state index contributed by atoms with van der Waals surface area (Å²) in [6.45, 7) is 4.95. The van der Waals surface area contributed by atoms with Crippen LogP contribution >= 0.6 is 0 Å². The van der Waals surface area contributed by atoms with Crippen molar-refractivity contribution in [2.24, 2.45) is 0 Å². The highest BCUT2D eigenvalue weighted by molar-refractivity contribution is 5.74. The summed E-state index contributed by atoms with van der Waals surface area (Å²) >= 11 is 0. The molecule has 3 fully saturated rings. The van der Waals surface area contributed by atoms with Gasteiger partial charge in [0.25, 0.3) is 0 Å². The van der Waals surface area contributed by atoms with Crippen LogP contribution in [-0.2, 0) is 19.1 Å². The quantitative estimate of drug-likeness (QED) is 0.467. The summed E-state index contributed by atoms with van der Waals surface area (Å²) in [5.41, 5.74) is 2.07. The number of nitrogens with one attached hydrogen (secondary N) is 1. The van der Waals surface area contributed by atoms with Crippen molar-refractivity contribution in [3.05, 3.63) is 47.9 Å². The standard InChI is InChI=1S/C24H26N4O5.C2HF3O2/c1-16-24(14-31-15-24)32-8-7-28(16)21-9-18(5-4-17-3-2-6-25-11-17)12-27-22(21)33-19-10-20(23(29)30)26-13-19;3-2(4,5)1(6)7/h2-3,6,9,11-12,16,19-20,26H,7-8,10,13-15H2,1H3,(H,29,30);(H,6,7)/t16-,19-,20-;/m0./s1. The Labute approximate surface area is 227 Å². The minimum atomic E-state index is -5.08. The summed E-state index contributed by atoms with van der Waals surface area (Å²) in [5.74, 6) is 3.13. The molecule has 1 spiro atoms. The first kappa shape index (κ1) is 29.1. The number of morpholine rings is 1. The number of pyridine rings is 2. The van der Waals surface area contributed by atoms with Crippen LogP contribution in [-0.4, -0.2) is 95.0 Å². The highest BCUT2D eigenvalue weighted by Gasteiger charge is 2.50. The maximum Gasteiger partial charge on any atom is 0.490 e. The summed E-state index contributed by atoms with van der Waals surface area (Å²) in [5, 5.41) is 19.4. The van der Waals surface area contributed by atoms with E-state index in [0.29, 0.717) is 45.2 Å². The summed E-state index contributed by atoms with van der Waals surface area (Å²) in [4.78, 5) is 31.1. The van der Waals surface area contributed by atoms with Gasteiger partial charge >= 0.3 is 18.1 Å². The molecule has 0 aliphatic carbocycles. The number of nitrogens with zero attached hydrogens (tertiary/aromatic N) is 3. The van der Waals surface area contributed by atoms with Crippen LogP contribution in [0.25, 0.3) is 0 Å². The summed E-state index contributed by atoms with van der Waals surface area (Å²) in [7, 11) is 0. The minimum absolute atomic E-state index is 0.0548. The van der Waals surface area contributed by atoms with Crippen LogP contribution < -0.4 is 15.0 Å². The van der Waals surface area contributed by atoms with Gasteiger partial charge in [-0.05, 0) is 25.1 Å². The van der Waals surface area contributed by atoms with E-state index >= 15 is 0 Å². The fourth-order valence-corrected chi connectivity index (χ4v) is 4.43. The number of carboxylic acids is 2. The van der Waals surface area contributed by atoms with Crippen molar-refractivity contribution < 1.29 is 47.2 Å². The fourth-order valence-electron chi connectivity index (χ4n) is 4.43. The maximum absolute atomic E-state index is 11.3. The minimum Gasteiger partial charge on any atom is -0.480 e. The van der Waals surface area contributed by atoms with Crippen molar-refractivity contribution in [2.75, 3.05) is 37.8 Å². The van der Waals surface area contributed by atoms with Crippen molar-refractivity contribution in [1.29, 1.82) is 0 Å². The average Bonchev–Trinajstić information content (AvgIpc) is 3.37. The van der Waals surface area contributed by atoms with E-state index in [9.17, 15) is 23.1 Å². The van der Waals surface area contributed by atoms with Crippen LogP contribution in [0, 0.1) is 11.8 Å². The Hall–Kier alpha value is -3.93. The first-order valence-corrected chi connectivity index (χ1v) is 12.3. The number of hydrogen-bond donors (Lipinski definition) is 3. The van der Waals surface area contributed by atoms with E-state index in [-0.39, 0.29) is 17.7 Å². The number of aliphatic carboxylic acids is 2. The number of carboxylic acid groups (broad SMARTS) is 2. The molecule has 3 aliphatic heterocycles. The van der Waals surface area contributed by atoms with Crippen molar-refractivity contribution in [1.82, 2.24) is 15.3 Å². The van der Waals surface area contributed by atoms with Crippen LogP contribution in [0.1, 0.15) is 24.5 Å². The molecule has 0 saturated carbocycles. The van der Waals surface area contributed by atoms with Gasteiger partial charge in [-0.3, -0.25) is 9.78 Å². The molecule has 214 valence electrons. The van der Waals surface area contributed by atoms with Gasteiger partial charge in [0.15, 0.2) is 0 Å². The molecule has 0 bridgehead atoms. The van der Waals surface area contributed by atoms with E-state index in [2.05, 4.69) is 38.9 Å². The lowest BCUT2D eigenvalue weighted by atomic mass is 9.90. The van der Waals surface area contributed by atoms with Gasteiger partial charge in [0.2, 0.25) is 5.88 Å². The molecule has 11 nitrogen and oxygen atoms in total. The average molecular weight is 565 g/mol. The number of aromatic nitrogens is 2. The van der Waals surface area contributed by atoms with Gasteiger partial charge in [-0.25, -0.2) is 9.78 Å². The zero-order valence-electron chi connectivity index (χ0n) is 21.3. The van der Waals surface area contributed by atoms with E-state index in [4.69, 9.17) is 24.1 Å². The Morgan fingerprint density at radius 3 is 2.52 bits per heavy atom. The van der Waals surface area contributed by atoms with Crippen molar-refractivity contribution >= 4 is 17.6 Å². The van der Waals surface area contributed by atoms with Gasteiger partial charge in [-0.2, -0.15) is 13.2 Å². The SMILES string of the molecule is C[C@@H]1N(c2cc(C#Cc3cccnc3)cnc2O[C@@H]2CN[C@H](C(=O)O)C2)CCOC12COC2.O=C(O)C(F)(F)F. The lowest BCUT2D eigenvalue weighted by Gasteiger charge is -2.53. The Kier molecular flexibility index (Phi) is 8.77.